The number of halogens is 2. The van der Waals surface area contributed by atoms with Crippen LogP contribution in [-0.4, -0.2) is 140 Å². The molecule has 232 valence electrons. The van der Waals surface area contributed by atoms with Crippen LogP contribution in [0.2, 0.25) is 0 Å². The lowest BCUT2D eigenvalue weighted by Gasteiger charge is -2.47. The Morgan fingerprint density at radius 2 is 1.79 bits per heavy atom. The Morgan fingerprint density at radius 3 is 2.40 bits per heavy atom. The Hall–Kier alpha value is -2.85. The van der Waals surface area contributed by atoms with E-state index in [0.29, 0.717) is 32.0 Å². The first-order valence-corrected chi connectivity index (χ1v) is 14.7. The first-order valence-electron chi connectivity index (χ1n) is 14.7. The molecule has 15 heteroatoms. The number of nitrogens with one attached hydrogen (secondary N) is 2. The van der Waals surface area contributed by atoms with E-state index in [-0.39, 0.29) is 36.3 Å². The fraction of sp³-hybridized carbons (Fsp3) is 0.741. The van der Waals surface area contributed by atoms with Crippen LogP contribution in [0, 0.1) is 22.6 Å². The van der Waals surface area contributed by atoms with Crippen molar-refractivity contribution in [3.8, 4) is 0 Å². The second-order valence-electron chi connectivity index (χ2n) is 12.0. The number of hydrogen-bond acceptors (Lipinski definition) is 11. The van der Waals surface area contributed by atoms with E-state index in [1.54, 1.807) is 11.9 Å². The Balaban J connectivity index is 1.21. The molecule has 0 spiro atoms. The molecule has 1 aromatic rings. The zero-order chi connectivity index (χ0) is 30.0. The number of piperazine rings is 1. The van der Waals surface area contributed by atoms with Crippen LogP contribution in [0.1, 0.15) is 12.8 Å². The number of piperidine rings is 1. The van der Waals surface area contributed by atoms with Gasteiger partial charge in [-0.3, -0.25) is 29.7 Å². The molecule has 5 rings (SSSR count). The first-order chi connectivity index (χ1) is 20.2. The molecule has 4 N–H and O–H groups in total. The highest BCUT2D eigenvalue weighted by atomic mass is 19.1. The number of rotatable bonds is 8. The molecule has 2 amide bonds. The number of aromatic nitrogens is 1. The standard InChI is InChI=1S/C27H42F2N10O3/c1-35-15-19(16-35)37-7-9-39(10-8-37)27(41)17-3-5-38(6-4-17)23-20(29)12-31-13-21(23)33-26(40)22(24(30)34-42)25-32-11-18(28)14-36(25)2/h12-13,17-19,22,24-25,32H,3-11,14-16,30H2,1-2H3,(H,33,40). The van der Waals surface area contributed by atoms with Gasteiger partial charge in [0.05, 0.1) is 24.2 Å². The van der Waals surface area contributed by atoms with Gasteiger partial charge < -0.3 is 25.8 Å². The molecule has 42 heavy (non-hydrogen) atoms. The van der Waals surface area contributed by atoms with Crippen molar-refractivity contribution in [2.45, 2.75) is 37.4 Å². The minimum absolute atomic E-state index is 0.00139. The normalized spacial score (nSPS) is 26.9. The zero-order valence-electron chi connectivity index (χ0n) is 24.3. The molecule has 4 saturated heterocycles. The van der Waals surface area contributed by atoms with E-state index >= 15 is 4.39 Å². The number of nitrogens with two attached hydrogens (primary N) is 1. The molecule has 4 aliphatic rings. The third-order valence-electron chi connectivity index (χ3n) is 9.12. The lowest BCUT2D eigenvalue weighted by Crippen LogP contribution is -2.62. The minimum Gasteiger partial charge on any atom is -0.367 e. The van der Waals surface area contributed by atoms with E-state index in [4.69, 9.17) is 5.73 Å². The fourth-order valence-corrected chi connectivity index (χ4v) is 6.72. The number of carbonyl (C=O) groups excluding carboxylic acids is 2. The van der Waals surface area contributed by atoms with E-state index < -0.39 is 36.1 Å². The molecule has 0 saturated carbocycles. The summed E-state index contributed by atoms with van der Waals surface area (Å²) in [6.45, 7) is 6.30. The highest BCUT2D eigenvalue weighted by Gasteiger charge is 2.41. The van der Waals surface area contributed by atoms with Gasteiger partial charge in [-0.25, -0.2) is 8.78 Å². The van der Waals surface area contributed by atoms with Crippen molar-refractivity contribution >= 4 is 23.2 Å². The maximum atomic E-state index is 15.2. The molecular formula is C27H42F2N10O3. The summed E-state index contributed by atoms with van der Waals surface area (Å²) < 4.78 is 29.0. The summed E-state index contributed by atoms with van der Waals surface area (Å²) in [5, 5.41) is 8.48. The summed E-state index contributed by atoms with van der Waals surface area (Å²) in [6.07, 6.45) is 0.257. The summed E-state index contributed by atoms with van der Waals surface area (Å²) in [5.74, 6) is -2.42. The molecule has 4 aliphatic heterocycles. The predicted molar refractivity (Wildman–Crippen MR) is 154 cm³/mol. The predicted octanol–water partition coefficient (Wildman–Crippen LogP) is -0.300. The van der Waals surface area contributed by atoms with Gasteiger partial charge in [0.25, 0.3) is 0 Å². The lowest BCUT2D eigenvalue weighted by atomic mass is 9.94. The number of pyridine rings is 1. The largest absolute Gasteiger partial charge is 0.367 e. The van der Waals surface area contributed by atoms with Crippen LogP contribution >= 0.6 is 0 Å². The molecule has 0 aliphatic carbocycles. The van der Waals surface area contributed by atoms with Crippen molar-refractivity contribution in [3.05, 3.63) is 23.1 Å². The minimum atomic E-state index is -1.41. The number of nitroso groups, excluding NO2 is 1. The van der Waals surface area contributed by atoms with Crippen molar-refractivity contribution in [2.75, 3.05) is 89.8 Å². The average Bonchev–Trinajstić information content (AvgIpc) is 2.96. The highest BCUT2D eigenvalue weighted by molar-refractivity contribution is 5.96. The average molecular weight is 593 g/mol. The van der Waals surface area contributed by atoms with Crippen molar-refractivity contribution in [1.29, 1.82) is 0 Å². The number of alkyl halides is 1. The van der Waals surface area contributed by atoms with E-state index in [2.05, 4.69) is 37.6 Å². The third kappa shape index (κ3) is 6.54. The maximum absolute atomic E-state index is 15.2. The van der Waals surface area contributed by atoms with Crippen LogP contribution in [0.4, 0.5) is 20.2 Å². The van der Waals surface area contributed by atoms with Crippen LogP contribution in [0.15, 0.2) is 17.6 Å². The molecule has 5 heterocycles. The molecule has 4 fully saturated rings. The summed E-state index contributed by atoms with van der Waals surface area (Å²) >= 11 is 0. The zero-order valence-corrected chi connectivity index (χ0v) is 24.3. The van der Waals surface area contributed by atoms with Gasteiger partial charge in [0.1, 0.15) is 17.8 Å². The van der Waals surface area contributed by atoms with Crippen LogP contribution in [0.3, 0.4) is 0 Å². The van der Waals surface area contributed by atoms with E-state index in [9.17, 15) is 18.9 Å². The van der Waals surface area contributed by atoms with Gasteiger partial charge in [-0.1, -0.05) is 5.18 Å². The molecule has 13 nitrogen and oxygen atoms in total. The topological polar surface area (TPSA) is 143 Å². The van der Waals surface area contributed by atoms with Gasteiger partial charge in [0, 0.05) is 77.4 Å². The fourth-order valence-electron chi connectivity index (χ4n) is 6.72. The van der Waals surface area contributed by atoms with Crippen molar-refractivity contribution in [2.24, 2.45) is 22.7 Å². The third-order valence-corrected chi connectivity index (χ3v) is 9.12. The van der Waals surface area contributed by atoms with Crippen molar-refractivity contribution in [1.82, 2.24) is 29.9 Å². The van der Waals surface area contributed by atoms with Crippen LogP contribution in [0.25, 0.3) is 0 Å². The second-order valence-corrected chi connectivity index (χ2v) is 12.0. The quantitative estimate of drug-likeness (QED) is 0.345. The van der Waals surface area contributed by atoms with Gasteiger partial charge >= 0.3 is 0 Å². The molecular weight excluding hydrogens is 550 g/mol. The van der Waals surface area contributed by atoms with Crippen LogP contribution < -0.4 is 21.3 Å². The Bertz CT molecular complexity index is 1130. The molecule has 0 bridgehead atoms. The number of amides is 2. The molecule has 0 radical (unpaired) electrons. The molecule has 4 atom stereocenters. The van der Waals surface area contributed by atoms with Gasteiger partial charge in [0.15, 0.2) is 12.0 Å². The highest BCUT2D eigenvalue weighted by Crippen LogP contribution is 2.33. The number of hydrogen-bond donors (Lipinski definition) is 3. The number of nitrogens with zero attached hydrogens (tertiary/aromatic N) is 7. The molecule has 4 unspecified atom stereocenters. The molecule has 0 aromatic carbocycles. The Labute approximate surface area is 244 Å². The van der Waals surface area contributed by atoms with Gasteiger partial charge in [0.2, 0.25) is 11.8 Å². The van der Waals surface area contributed by atoms with E-state index in [1.165, 1.54) is 6.20 Å². The number of likely N-dealkylation sites (N-methyl/N-ethyl adjacent to an activating group) is 1. The smallest absolute Gasteiger partial charge is 0.234 e. The lowest BCUT2D eigenvalue weighted by molar-refractivity contribution is -0.138. The SMILES string of the molecule is CN1CC(N2CCN(C(=O)C3CCN(c4c(F)cncc4NC(=O)C(C(N)N=O)C4NCC(F)CN4C)CC3)CC2)C1. The summed E-state index contributed by atoms with van der Waals surface area (Å²) in [6, 6.07) is 0.587. The van der Waals surface area contributed by atoms with Crippen LogP contribution in [-0.2, 0) is 9.59 Å². The maximum Gasteiger partial charge on any atom is 0.234 e. The van der Waals surface area contributed by atoms with E-state index in [1.807, 2.05) is 9.80 Å². The van der Waals surface area contributed by atoms with Gasteiger partial charge in [-0.15, -0.1) is 4.91 Å². The number of likely N-dealkylation sites (tertiary alicyclic amines) is 1. The van der Waals surface area contributed by atoms with Crippen molar-refractivity contribution < 1.29 is 18.4 Å². The van der Waals surface area contributed by atoms with Gasteiger partial charge in [-0.2, -0.15) is 0 Å². The second kappa shape index (κ2) is 13.2. The Kier molecular flexibility index (Phi) is 9.62. The monoisotopic (exact) mass is 592 g/mol. The van der Waals surface area contributed by atoms with Crippen molar-refractivity contribution in [3.63, 3.8) is 0 Å². The first kappa shape index (κ1) is 30.6. The van der Waals surface area contributed by atoms with Gasteiger partial charge in [-0.05, 0) is 26.9 Å². The summed E-state index contributed by atoms with van der Waals surface area (Å²) in [5.41, 5.74) is 6.21. The Morgan fingerprint density at radius 1 is 1.10 bits per heavy atom. The summed E-state index contributed by atoms with van der Waals surface area (Å²) in [7, 11) is 3.74. The summed E-state index contributed by atoms with van der Waals surface area (Å²) in [4.78, 5) is 52.1. The number of anilines is 2. The number of carbonyl (C=O) groups is 2. The molecule has 1 aromatic heterocycles. The van der Waals surface area contributed by atoms with Crippen LogP contribution in [0.5, 0.6) is 0 Å². The van der Waals surface area contributed by atoms with E-state index in [0.717, 1.165) is 45.5 Å².